The number of aliphatic hydroxyl groups is 1. The van der Waals surface area contributed by atoms with Crippen molar-refractivity contribution in [3.63, 3.8) is 0 Å². The molecule has 1 N–H and O–H groups in total. The Kier molecular flexibility index (Phi) is 5.62. The summed E-state index contributed by atoms with van der Waals surface area (Å²) < 4.78 is 20.1. The van der Waals surface area contributed by atoms with Gasteiger partial charge in [-0.15, -0.1) is 0 Å². The fraction of sp³-hybridized carbons (Fsp3) is 0.435. The van der Waals surface area contributed by atoms with Gasteiger partial charge in [-0.3, -0.25) is 4.79 Å². The maximum atomic E-state index is 14.5. The topological polar surface area (TPSA) is 49.8 Å². The quantitative estimate of drug-likeness (QED) is 0.815. The van der Waals surface area contributed by atoms with Crippen LogP contribution in [0.5, 0.6) is 5.75 Å². The van der Waals surface area contributed by atoms with Gasteiger partial charge in [-0.05, 0) is 60.8 Å². The van der Waals surface area contributed by atoms with Gasteiger partial charge in [0.25, 0.3) is 5.91 Å². The van der Waals surface area contributed by atoms with Gasteiger partial charge >= 0.3 is 0 Å². The summed E-state index contributed by atoms with van der Waals surface area (Å²) >= 11 is 0. The summed E-state index contributed by atoms with van der Waals surface area (Å²) in [5.74, 6) is 0.527. The van der Waals surface area contributed by atoms with E-state index >= 15 is 0 Å². The van der Waals surface area contributed by atoms with Gasteiger partial charge in [0.15, 0.2) is 11.6 Å². The minimum atomic E-state index is -0.423. The van der Waals surface area contributed by atoms with Crippen LogP contribution in [-0.4, -0.2) is 29.1 Å². The summed E-state index contributed by atoms with van der Waals surface area (Å²) in [4.78, 5) is 14.7. The fourth-order valence-electron chi connectivity index (χ4n) is 4.27. The first-order valence-electron chi connectivity index (χ1n) is 10.0. The average Bonchev–Trinajstić information content (AvgIpc) is 3.02. The Hall–Kier alpha value is -2.40. The summed E-state index contributed by atoms with van der Waals surface area (Å²) in [6.45, 7) is 1.69. The Balaban J connectivity index is 1.41. The molecule has 4 nitrogen and oxygen atoms in total. The number of carbonyl (C=O) groups is 1. The van der Waals surface area contributed by atoms with Crippen LogP contribution in [0.15, 0.2) is 42.5 Å². The van der Waals surface area contributed by atoms with Crippen molar-refractivity contribution in [2.24, 2.45) is 11.8 Å². The third-order valence-electron chi connectivity index (χ3n) is 5.98. The number of benzene rings is 2. The third kappa shape index (κ3) is 4.04. The summed E-state index contributed by atoms with van der Waals surface area (Å²) in [5, 5.41) is 9.28. The monoisotopic (exact) mass is 383 g/mol. The van der Waals surface area contributed by atoms with E-state index < -0.39 is 5.82 Å². The maximum Gasteiger partial charge on any atom is 0.254 e. The number of halogens is 1. The lowest BCUT2D eigenvalue weighted by Gasteiger charge is -2.30. The van der Waals surface area contributed by atoms with E-state index in [0.717, 1.165) is 36.8 Å². The molecule has 0 unspecified atom stereocenters. The van der Waals surface area contributed by atoms with E-state index in [9.17, 15) is 14.3 Å². The van der Waals surface area contributed by atoms with Crippen LogP contribution in [0.4, 0.5) is 4.39 Å². The smallest absolute Gasteiger partial charge is 0.254 e. The summed E-state index contributed by atoms with van der Waals surface area (Å²) in [5.41, 5.74) is 2.24. The first-order valence-corrected chi connectivity index (χ1v) is 10.0. The van der Waals surface area contributed by atoms with Crippen LogP contribution in [-0.2, 0) is 13.2 Å². The van der Waals surface area contributed by atoms with Crippen LogP contribution in [0.2, 0.25) is 0 Å². The first-order chi connectivity index (χ1) is 13.6. The molecule has 1 fully saturated rings. The van der Waals surface area contributed by atoms with Crippen LogP contribution in [0.3, 0.4) is 0 Å². The summed E-state index contributed by atoms with van der Waals surface area (Å²) in [6, 6.07) is 12.6. The predicted molar refractivity (Wildman–Crippen MR) is 104 cm³/mol. The van der Waals surface area contributed by atoms with Gasteiger partial charge in [0.05, 0.1) is 0 Å². The van der Waals surface area contributed by atoms with E-state index in [1.807, 2.05) is 35.2 Å². The Morgan fingerprint density at radius 1 is 1.07 bits per heavy atom. The molecular formula is C23H26FNO3. The van der Waals surface area contributed by atoms with Gasteiger partial charge < -0.3 is 14.7 Å². The molecule has 0 spiro atoms. The molecule has 1 heterocycles. The van der Waals surface area contributed by atoms with Crippen molar-refractivity contribution in [2.75, 3.05) is 13.2 Å². The van der Waals surface area contributed by atoms with Crippen molar-refractivity contribution in [1.82, 2.24) is 4.90 Å². The zero-order chi connectivity index (χ0) is 19.5. The van der Waals surface area contributed by atoms with Crippen LogP contribution in [0.1, 0.15) is 47.2 Å². The number of hydrogen-bond acceptors (Lipinski definition) is 3. The second kappa shape index (κ2) is 8.31. The molecule has 5 heteroatoms. The summed E-state index contributed by atoms with van der Waals surface area (Å²) in [7, 11) is 0. The number of hydrogen-bond donors (Lipinski definition) is 1. The molecule has 0 radical (unpaired) electrons. The molecule has 1 aliphatic carbocycles. The Labute approximate surface area is 164 Å². The Bertz CT molecular complexity index is 831. The van der Waals surface area contributed by atoms with Crippen molar-refractivity contribution in [1.29, 1.82) is 0 Å². The number of aliphatic hydroxyl groups excluding tert-OH is 1. The lowest BCUT2D eigenvalue weighted by atomic mass is 9.82. The number of ether oxygens (including phenoxy) is 1. The third-order valence-corrected chi connectivity index (χ3v) is 5.98. The molecule has 1 saturated carbocycles. The Morgan fingerprint density at radius 3 is 2.50 bits per heavy atom. The molecule has 2 aliphatic rings. The highest BCUT2D eigenvalue weighted by Gasteiger charge is 2.32. The molecule has 0 saturated heterocycles. The average molecular weight is 383 g/mol. The number of nitrogens with zero attached hydrogens (tertiary/aromatic N) is 1. The number of fused-ring (bicyclic) bond motifs is 1. The lowest BCUT2D eigenvalue weighted by Crippen LogP contribution is -2.32. The van der Waals surface area contributed by atoms with Crippen molar-refractivity contribution >= 4 is 5.91 Å². The largest absolute Gasteiger partial charge is 0.486 e. The lowest BCUT2D eigenvalue weighted by molar-refractivity contribution is 0.0717. The van der Waals surface area contributed by atoms with Crippen molar-refractivity contribution in [2.45, 2.75) is 38.8 Å². The van der Waals surface area contributed by atoms with Crippen LogP contribution in [0.25, 0.3) is 0 Å². The van der Waals surface area contributed by atoms with Gasteiger partial charge in [-0.25, -0.2) is 4.39 Å². The van der Waals surface area contributed by atoms with Gasteiger partial charge in [0.2, 0.25) is 0 Å². The van der Waals surface area contributed by atoms with Gasteiger partial charge in [-0.2, -0.15) is 0 Å². The maximum absolute atomic E-state index is 14.5. The molecule has 1 amide bonds. The second-order valence-electron chi connectivity index (χ2n) is 7.97. The molecule has 148 valence electrons. The second-order valence-corrected chi connectivity index (χ2v) is 7.97. The SMILES string of the molecule is O=C1c2cc(OCc3ccccc3)c(F)cc2CN1C[C@H]1CC[C@H](CO)CC1. The number of amides is 1. The number of carbonyl (C=O) groups excluding carboxylic acids is 1. The van der Waals surface area contributed by atoms with Crippen molar-refractivity contribution < 1.29 is 19.0 Å². The minimum Gasteiger partial charge on any atom is -0.486 e. The van der Waals surface area contributed by atoms with Crippen LogP contribution in [0, 0.1) is 17.7 Å². The first kappa shape index (κ1) is 18.9. The highest BCUT2D eigenvalue weighted by atomic mass is 19.1. The van der Waals surface area contributed by atoms with Crippen LogP contribution < -0.4 is 4.74 Å². The highest BCUT2D eigenvalue weighted by molar-refractivity contribution is 5.98. The van der Waals surface area contributed by atoms with Crippen molar-refractivity contribution in [3.8, 4) is 5.75 Å². The fourth-order valence-corrected chi connectivity index (χ4v) is 4.27. The van der Waals surface area contributed by atoms with Gasteiger partial charge in [0.1, 0.15) is 6.61 Å². The van der Waals surface area contributed by atoms with E-state index in [2.05, 4.69) is 0 Å². The van der Waals surface area contributed by atoms with Crippen LogP contribution >= 0.6 is 0 Å². The molecule has 2 aromatic rings. The molecule has 0 atom stereocenters. The van der Waals surface area contributed by atoms with E-state index in [4.69, 9.17) is 4.74 Å². The normalized spacial score (nSPS) is 21.6. The zero-order valence-electron chi connectivity index (χ0n) is 15.9. The predicted octanol–water partition coefficient (Wildman–Crippen LogP) is 4.16. The number of rotatable bonds is 6. The van der Waals surface area contributed by atoms with E-state index in [-0.39, 0.29) is 24.9 Å². The molecule has 2 aromatic carbocycles. The zero-order valence-corrected chi connectivity index (χ0v) is 15.9. The summed E-state index contributed by atoms with van der Waals surface area (Å²) in [6.07, 6.45) is 4.10. The molecule has 0 aromatic heterocycles. The molecule has 4 rings (SSSR count). The van der Waals surface area contributed by atoms with Crippen molar-refractivity contribution in [3.05, 3.63) is 65.0 Å². The van der Waals surface area contributed by atoms with E-state index in [0.29, 0.717) is 30.5 Å². The van der Waals surface area contributed by atoms with Gasteiger partial charge in [-0.1, -0.05) is 30.3 Å². The van der Waals surface area contributed by atoms with Gasteiger partial charge in [0, 0.05) is 25.3 Å². The molecule has 0 bridgehead atoms. The molecule has 1 aliphatic heterocycles. The molecule has 28 heavy (non-hydrogen) atoms. The molecular weight excluding hydrogens is 357 g/mol. The van der Waals surface area contributed by atoms with E-state index in [1.54, 1.807) is 6.07 Å². The standard InChI is InChI=1S/C23H26FNO3/c24-21-10-19-13-25(12-16-6-8-17(14-26)9-7-16)23(27)20(19)11-22(21)28-15-18-4-2-1-3-5-18/h1-5,10-11,16-17,26H,6-9,12-15H2/t16-,17-. The highest BCUT2D eigenvalue weighted by Crippen LogP contribution is 2.33. The Morgan fingerprint density at radius 2 is 1.79 bits per heavy atom. The van der Waals surface area contributed by atoms with E-state index in [1.165, 1.54) is 6.07 Å². The minimum absolute atomic E-state index is 0.0381.